The molecule has 3 rings (SSSR count). The molecule has 6 nitrogen and oxygen atoms in total. The summed E-state index contributed by atoms with van der Waals surface area (Å²) in [5.41, 5.74) is 0. The molecule has 3 fully saturated rings. The van der Waals surface area contributed by atoms with Crippen molar-refractivity contribution >= 4 is 0 Å². The van der Waals surface area contributed by atoms with Gasteiger partial charge in [-0.25, -0.2) is 0 Å². The second-order valence-corrected chi connectivity index (χ2v) is 10.7. The van der Waals surface area contributed by atoms with Crippen LogP contribution in [-0.4, -0.2) is 125 Å². The van der Waals surface area contributed by atoms with Crippen LogP contribution < -0.4 is 5.32 Å². The van der Waals surface area contributed by atoms with E-state index in [1.165, 1.54) is 72.0 Å². The summed E-state index contributed by atoms with van der Waals surface area (Å²) >= 11 is 0. The second-order valence-electron chi connectivity index (χ2n) is 10.7. The number of hydrogen-bond acceptors (Lipinski definition) is 6. The minimum absolute atomic E-state index is 0.790. The fourth-order valence-electron chi connectivity index (χ4n) is 4.26. The third-order valence-electron chi connectivity index (χ3n) is 5.78. The van der Waals surface area contributed by atoms with Crippen molar-refractivity contribution in [3.63, 3.8) is 0 Å². The van der Waals surface area contributed by atoms with E-state index in [-0.39, 0.29) is 0 Å². The average molecular weight is 442 g/mol. The molecule has 1 N–H and O–H groups in total. The Balaban J connectivity index is 0.000000233. The van der Waals surface area contributed by atoms with Gasteiger partial charge in [-0.05, 0) is 24.8 Å². The number of morpholine rings is 1. The number of nitrogens with zero attached hydrogens (tertiary/aromatic N) is 4. The van der Waals surface area contributed by atoms with Crippen molar-refractivity contribution in [3.05, 3.63) is 0 Å². The van der Waals surface area contributed by atoms with Crippen LogP contribution in [0.2, 0.25) is 0 Å². The Morgan fingerprint density at radius 2 is 0.968 bits per heavy atom. The second kappa shape index (κ2) is 17.3. The van der Waals surface area contributed by atoms with Crippen LogP contribution >= 0.6 is 0 Å². The molecule has 3 saturated heterocycles. The third-order valence-corrected chi connectivity index (χ3v) is 5.78. The fourth-order valence-corrected chi connectivity index (χ4v) is 4.26. The van der Waals surface area contributed by atoms with Gasteiger partial charge in [-0.1, -0.05) is 41.5 Å². The predicted molar refractivity (Wildman–Crippen MR) is 135 cm³/mol. The van der Waals surface area contributed by atoms with E-state index in [1.54, 1.807) is 0 Å². The van der Waals surface area contributed by atoms with Crippen LogP contribution in [0.25, 0.3) is 0 Å². The van der Waals surface area contributed by atoms with Crippen molar-refractivity contribution in [1.29, 1.82) is 0 Å². The SMILES string of the molecule is CC(C)CN1CCN(C)CC1.CC(C)CN1CCNCC1.CC(C)CN1CCOCC1. The summed E-state index contributed by atoms with van der Waals surface area (Å²) < 4.78 is 5.24. The molecule has 0 spiro atoms. The Labute approximate surface area is 194 Å². The van der Waals surface area contributed by atoms with Gasteiger partial charge in [0.25, 0.3) is 0 Å². The van der Waals surface area contributed by atoms with Gasteiger partial charge in [-0.3, -0.25) is 4.90 Å². The van der Waals surface area contributed by atoms with Crippen LogP contribution in [0.1, 0.15) is 41.5 Å². The lowest BCUT2D eigenvalue weighted by Crippen LogP contribution is -2.45. The van der Waals surface area contributed by atoms with Gasteiger partial charge in [0.1, 0.15) is 0 Å². The molecule has 31 heavy (non-hydrogen) atoms. The Morgan fingerprint density at radius 1 is 0.581 bits per heavy atom. The average Bonchev–Trinajstić information content (AvgIpc) is 2.71. The molecule has 186 valence electrons. The zero-order valence-corrected chi connectivity index (χ0v) is 22.0. The van der Waals surface area contributed by atoms with Gasteiger partial charge >= 0.3 is 0 Å². The highest BCUT2D eigenvalue weighted by Gasteiger charge is 2.14. The lowest BCUT2D eigenvalue weighted by molar-refractivity contribution is 0.0329. The molecular weight excluding hydrogens is 386 g/mol. The minimum atomic E-state index is 0.790. The van der Waals surface area contributed by atoms with Gasteiger partial charge in [0, 0.05) is 85.1 Å². The normalized spacial score (nSPS) is 22.3. The topological polar surface area (TPSA) is 34.2 Å². The first kappa shape index (κ1) is 28.8. The van der Waals surface area contributed by atoms with Gasteiger partial charge in [0.05, 0.1) is 13.2 Å². The van der Waals surface area contributed by atoms with E-state index >= 15 is 0 Å². The highest BCUT2D eigenvalue weighted by molar-refractivity contribution is 4.70. The minimum Gasteiger partial charge on any atom is -0.379 e. The maximum atomic E-state index is 5.24. The monoisotopic (exact) mass is 441 g/mol. The van der Waals surface area contributed by atoms with Gasteiger partial charge in [0.2, 0.25) is 0 Å². The number of ether oxygens (including phenoxy) is 1. The number of likely N-dealkylation sites (N-methyl/N-ethyl adjacent to an activating group) is 1. The largest absolute Gasteiger partial charge is 0.379 e. The van der Waals surface area contributed by atoms with Crippen molar-refractivity contribution in [2.24, 2.45) is 17.8 Å². The molecule has 3 heterocycles. The lowest BCUT2D eigenvalue weighted by atomic mass is 10.2. The zero-order chi connectivity index (χ0) is 23.1. The standard InChI is InChI=1S/C9H20N2.C8H18N2.C8H17NO/c1-9(2)8-11-6-4-10(3)5-7-11;1-8(2)7-10-5-3-9-4-6-10;1-8(2)7-9-3-5-10-6-4-9/h9H,4-8H2,1-3H3;8-9H,3-7H2,1-2H3;8H,3-7H2,1-2H3. The van der Waals surface area contributed by atoms with Crippen molar-refractivity contribution in [2.45, 2.75) is 41.5 Å². The molecule has 0 amide bonds. The lowest BCUT2D eigenvalue weighted by Gasteiger charge is -2.33. The summed E-state index contributed by atoms with van der Waals surface area (Å²) in [6, 6.07) is 0. The van der Waals surface area contributed by atoms with E-state index in [2.05, 4.69) is 73.5 Å². The van der Waals surface area contributed by atoms with Crippen LogP contribution in [-0.2, 0) is 4.74 Å². The molecule has 0 saturated carbocycles. The fraction of sp³-hybridized carbons (Fsp3) is 1.00. The van der Waals surface area contributed by atoms with Crippen LogP contribution in [0.5, 0.6) is 0 Å². The van der Waals surface area contributed by atoms with Crippen LogP contribution in [0, 0.1) is 17.8 Å². The molecule has 6 heteroatoms. The van der Waals surface area contributed by atoms with E-state index in [9.17, 15) is 0 Å². The molecule has 0 unspecified atom stereocenters. The maximum Gasteiger partial charge on any atom is 0.0594 e. The Kier molecular flexibility index (Phi) is 16.0. The summed E-state index contributed by atoms with van der Waals surface area (Å²) in [6.07, 6.45) is 0. The number of nitrogens with one attached hydrogen (secondary N) is 1. The molecule has 0 aromatic heterocycles. The summed E-state index contributed by atoms with van der Waals surface area (Å²) in [7, 11) is 2.20. The van der Waals surface area contributed by atoms with E-state index in [0.29, 0.717) is 0 Å². The first-order valence-electron chi connectivity index (χ1n) is 12.9. The van der Waals surface area contributed by atoms with Gasteiger partial charge in [0.15, 0.2) is 0 Å². The number of hydrogen-bond donors (Lipinski definition) is 1. The number of piperazine rings is 2. The van der Waals surface area contributed by atoms with Gasteiger partial charge in [-0.15, -0.1) is 0 Å². The Morgan fingerprint density at radius 3 is 1.39 bits per heavy atom. The van der Waals surface area contributed by atoms with Crippen LogP contribution in [0.3, 0.4) is 0 Å². The molecule has 3 aliphatic rings. The highest BCUT2D eigenvalue weighted by atomic mass is 16.5. The molecule has 0 aliphatic carbocycles. The van der Waals surface area contributed by atoms with Gasteiger partial charge in [-0.2, -0.15) is 0 Å². The Bertz CT molecular complexity index is 375. The van der Waals surface area contributed by atoms with Crippen molar-refractivity contribution in [1.82, 2.24) is 24.9 Å². The predicted octanol–water partition coefficient (Wildman–Crippen LogP) is 2.41. The third kappa shape index (κ3) is 16.1. The first-order chi connectivity index (χ1) is 14.8. The zero-order valence-electron chi connectivity index (χ0n) is 22.0. The van der Waals surface area contributed by atoms with E-state index in [0.717, 1.165) is 44.1 Å². The summed E-state index contributed by atoms with van der Waals surface area (Å²) in [5, 5.41) is 3.35. The quantitative estimate of drug-likeness (QED) is 0.682. The molecule has 0 atom stereocenters. The van der Waals surface area contributed by atoms with Gasteiger partial charge < -0.3 is 24.8 Å². The number of rotatable bonds is 6. The molecule has 3 aliphatic heterocycles. The molecule has 0 aromatic carbocycles. The summed E-state index contributed by atoms with van der Waals surface area (Å²) in [5.74, 6) is 2.43. The molecule has 0 radical (unpaired) electrons. The first-order valence-corrected chi connectivity index (χ1v) is 12.9. The van der Waals surface area contributed by atoms with E-state index in [4.69, 9.17) is 4.74 Å². The van der Waals surface area contributed by atoms with Crippen molar-refractivity contribution in [2.75, 3.05) is 105 Å². The molecule has 0 aromatic rings. The summed E-state index contributed by atoms with van der Waals surface area (Å²) in [4.78, 5) is 9.96. The van der Waals surface area contributed by atoms with Crippen molar-refractivity contribution in [3.8, 4) is 0 Å². The summed E-state index contributed by atoms with van der Waals surface area (Å²) in [6.45, 7) is 31.3. The maximum absolute atomic E-state index is 5.24. The smallest absolute Gasteiger partial charge is 0.0594 e. The van der Waals surface area contributed by atoms with Crippen LogP contribution in [0.4, 0.5) is 0 Å². The molecule has 0 bridgehead atoms. The van der Waals surface area contributed by atoms with E-state index in [1.807, 2.05) is 0 Å². The van der Waals surface area contributed by atoms with Crippen molar-refractivity contribution < 1.29 is 4.74 Å². The molecular formula is C25H55N5O. The van der Waals surface area contributed by atoms with Crippen LogP contribution in [0.15, 0.2) is 0 Å². The Hall–Kier alpha value is -0.240. The van der Waals surface area contributed by atoms with E-state index < -0.39 is 0 Å². The highest BCUT2D eigenvalue weighted by Crippen LogP contribution is 2.03.